The predicted molar refractivity (Wildman–Crippen MR) is 116 cm³/mol. The molecule has 5 nitrogen and oxygen atoms in total. The van der Waals surface area contributed by atoms with Gasteiger partial charge in [-0.25, -0.2) is 4.39 Å². The van der Waals surface area contributed by atoms with E-state index in [0.717, 1.165) is 36.0 Å². The van der Waals surface area contributed by atoms with Crippen LogP contribution in [-0.2, 0) is 16.0 Å². The Morgan fingerprint density at radius 1 is 1.19 bits per heavy atom. The zero-order chi connectivity index (χ0) is 22.0. The first kappa shape index (κ1) is 21.3. The minimum atomic E-state index is -0.566. The Morgan fingerprint density at radius 2 is 2.00 bits per heavy atom. The minimum absolute atomic E-state index is 0.0291. The minimum Gasteiger partial charge on any atom is -0.481 e. The number of nitrogens with one attached hydrogen (secondary N) is 1. The van der Waals surface area contributed by atoms with Gasteiger partial charge in [0.25, 0.3) is 5.91 Å². The molecule has 2 aliphatic rings. The van der Waals surface area contributed by atoms with Crippen LogP contribution in [0.1, 0.15) is 62.3 Å². The van der Waals surface area contributed by atoms with Crippen molar-refractivity contribution in [1.82, 2.24) is 10.2 Å². The summed E-state index contributed by atoms with van der Waals surface area (Å²) in [6, 6.07) is 12.1. The quantitative estimate of drug-likeness (QED) is 0.727. The maximum Gasteiger partial charge on any atom is 0.261 e. The molecule has 0 aromatic heterocycles. The molecular formula is C25H29FN2O3. The maximum atomic E-state index is 14.0. The summed E-state index contributed by atoms with van der Waals surface area (Å²) >= 11 is 0. The van der Waals surface area contributed by atoms with Gasteiger partial charge in [-0.15, -0.1) is 0 Å². The number of halogens is 1. The lowest BCUT2D eigenvalue weighted by Gasteiger charge is -2.38. The number of fused-ring (bicyclic) bond motifs is 1. The van der Waals surface area contributed by atoms with E-state index in [9.17, 15) is 14.0 Å². The van der Waals surface area contributed by atoms with Gasteiger partial charge in [0.2, 0.25) is 5.91 Å². The number of benzene rings is 2. The summed E-state index contributed by atoms with van der Waals surface area (Å²) in [5.41, 5.74) is 2.77. The molecule has 6 heteroatoms. The van der Waals surface area contributed by atoms with Crippen LogP contribution in [0.5, 0.6) is 5.75 Å². The van der Waals surface area contributed by atoms with Gasteiger partial charge in [0, 0.05) is 19.0 Å². The number of carbonyl (C=O) groups is 2. The third kappa shape index (κ3) is 4.73. The number of hydrogen-bond acceptors (Lipinski definition) is 3. The Hall–Kier alpha value is -2.89. The van der Waals surface area contributed by atoms with Crippen molar-refractivity contribution in [2.45, 2.75) is 64.1 Å². The fourth-order valence-electron chi connectivity index (χ4n) is 4.18. The summed E-state index contributed by atoms with van der Waals surface area (Å²) in [5, 5.41) is 3.00. The number of hydrogen-bond donors (Lipinski definition) is 1. The highest BCUT2D eigenvalue weighted by Crippen LogP contribution is 2.38. The van der Waals surface area contributed by atoms with Gasteiger partial charge in [-0.05, 0) is 66.6 Å². The van der Waals surface area contributed by atoms with Crippen molar-refractivity contribution < 1.29 is 18.7 Å². The standard InChI is InChI=1S/C25H29FN2O3/c1-3-22(25(30)27-19-9-10-19)31-20-11-8-16-12-13-28(23(29)4-2)24(21(16)15-20)17-6-5-7-18(26)14-17/h5-8,11,14-15,19,22,24H,3-4,9-10,12-13H2,1-2H3,(H,27,30)/t22-,24-/m1/s1. The van der Waals surface area contributed by atoms with Crippen molar-refractivity contribution >= 4 is 11.8 Å². The molecular weight excluding hydrogens is 395 g/mol. The van der Waals surface area contributed by atoms with E-state index < -0.39 is 6.10 Å². The summed E-state index contributed by atoms with van der Waals surface area (Å²) in [7, 11) is 0. The summed E-state index contributed by atoms with van der Waals surface area (Å²) in [6.07, 6.45) is 3.16. The van der Waals surface area contributed by atoms with Crippen LogP contribution in [0.4, 0.5) is 4.39 Å². The molecule has 0 saturated heterocycles. The molecule has 4 rings (SSSR count). The Labute approximate surface area is 182 Å². The fraction of sp³-hybridized carbons (Fsp3) is 0.440. The highest BCUT2D eigenvalue weighted by molar-refractivity contribution is 5.81. The lowest BCUT2D eigenvalue weighted by atomic mass is 9.87. The number of amides is 2. The van der Waals surface area contributed by atoms with Crippen LogP contribution < -0.4 is 10.1 Å². The second kappa shape index (κ2) is 9.08. The molecule has 2 atom stereocenters. The van der Waals surface area contributed by atoms with Crippen molar-refractivity contribution in [2.75, 3.05) is 6.54 Å². The second-order valence-electron chi connectivity index (χ2n) is 8.31. The SMILES string of the molecule is CCC(=O)N1CCc2ccc(O[C@H](CC)C(=O)NC3CC3)cc2[C@H]1c1cccc(F)c1. The lowest BCUT2D eigenvalue weighted by molar-refractivity contribution is -0.133. The molecule has 2 aromatic rings. The second-order valence-corrected chi connectivity index (χ2v) is 8.31. The van der Waals surface area contributed by atoms with Crippen LogP contribution in [-0.4, -0.2) is 35.4 Å². The lowest BCUT2D eigenvalue weighted by Crippen LogP contribution is -2.40. The van der Waals surface area contributed by atoms with E-state index in [1.54, 1.807) is 6.07 Å². The van der Waals surface area contributed by atoms with Gasteiger partial charge in [0.05, 0.1) is 6.04 Å². The molecule has 1 saturated carbocycles. The predicted octanol–water partition coefficient (Wildman–Crippen LogP) is 4.15. The van der Waals surface area contributed by atoms with Crippen LogP contribution in [0.3, 0.4) is 0 Å². The van der Waals surface area contributed by atoms with Gasteiger partial charge in [0.1, 0.15) is 11.6 Å². The molecule has 1 heterocycles. The zero-order valence-electron chi connectivity index (χ0n) is 18.1. The van der Waals surface area contributed by atoms with E-state index in [4.69, 9.17) is 4.74 Å². The number of carbonyl (C=O) groups excluding carboxylic acids is 2. The maximum absolute atomic E-state index is 14.0. The molecule has 0 bridgehead atoms. The Kier molecular flexibility index (Phi) is 6.25. The molecule has 1 N–H and O–H groups in total. The smallest absolute Gasteiger partial charge is 0.261 e. The van der Waals surface area contributed by atoms with E-state index in [1.807, 2.05) is 43.0 Å². The van der Waals surface area contributed by atoms with Gasteiger partial charge in [0.15, 0.2) is 6.10 Å². The molecule has 31 heavy (non-hydrogen) atoms. The molecule has 1 aliphatic heterocycles. The van der Waals surface area contributed by atoms with Crippen LogP contribution in [0.15, 0.2) is 42.5 Å². The molecule has 1 aliphatic carbocycles. The highest BCUT2D eigenvalue weighted by atomic mass is 19.1. The largest absolute Gasteiger partial charge is 0.481 e. The normalized spacial score (nSPS) is 18.8. The van der Waals surface area contributed by atoms with E-state index in [0.29, 0.717) is 25.1 Å². The third-order valence-electron chi connectivity index (χ3n) is 6.00. The van der Waals surface area contributed by atoms with E-state index >= 15 is 0 Å². The van der Waals surface area contributed by atoms with Gasteiger partial charge >= 0.3 is 0 Å². The first-order valence-corrected chi connectivity index (χ1v) is 11.1. The van der Waals surface area contributed by atoms with E-state index in [1.165, 1.54) is 12.1 Å². The Morgan fingerprint density at radius 3 is 2.68 bits per heavy atom. The van der Waals surface area contributed by atoms with Crippen molar-refractivity contribution in [3.63, 3.8) is 0 Å². The average molecular weight is 425 g/mol. The van der Waals surface area contributed by atoms with Gasteiger partial charge in [-0.3, -0.25) is 9.59 Å². The summed E-state index contributed by atoms with van der Waals surface area (Å²) in [6.45, 7) is 4.35. The zero-order valence-corrected chi connectivity index (χ0v) is 18.1. The van der Waals surface area contributed by atoms with E-state index in [2.05, 4.69) is 5.32 Å². The number of ether oxygens (including phenoxy) is 1. The number of rotatable bonds is 7. The van der Waals surface area contributed by atoms with E-state index in [-0.39, 0.29) is 29.7 Å². The fourth-order valence-corrected chi connectivity index (χ4v) is 4.18. The molecule has 0 radical (unpaired) electrons. The van der Waals surface area contributed by atoms with Crippen molar-refractivity contribution in [3.8, 4) is 5.75 Å². The highest BCUT2D eigenvalue weighted by Gasteiger charge is 2.33. The third-order valence-corrected chi connectivity index (χ3v) is 6.00. The number of nitrogens with zero attached hydrogens (tertiary/aromatic N) is 1. The van der Waals surface area contributed by atoms with Crippen molar-refractivity contribution in [3.05, 3.63) is 65.0 Å². The monoisotopic (exact) mass is 424 g/mol. The van der Waals surface area contributed by atoms with Gasteiger partial charge in [-0.1, -0.05) is 32.0 Å². The Bertz CT molecular complexity index is 973. The average Bonchev–Trinajstić information content (AvgIpc) is 3.59. The Balaban J connectivity index is 1.67. The molecule has 0 unspecified atom stereocenters. The van der Waals surface area contributed by atoms with Crippen molar-refractivity contribution in [1.29, 1.82) is 0 Å². The van der Waals surface area contributed by atoms with Crippen LogP contribution >= 0.6 is 0 Å². The molecule has 2 amide bonds. The van der Waals surface area contributed by atoms with Crippen LogP contribution in [0, 0.1) is 5.82 Å². The molecule has 1 fully saturated rings. The summed E-state index contributed by atoms with van der Waals surface area (Å²) < 4.78 is 20.1. The molecule has 2 aromatic carbocycles. The summed E-state index contributed by atoms with van der Waals surface area (Å²) in [5.74, 6) is 0.195. The van der Waals surface area contributed by atoms with Gasteiger partial charge in [-0.2, -0.15) is 0 Å². The first-order valence-electron chi connectivity index (χ1n) is 11.1. The van der Waals surface area contributed by atoms with Crippen molar-refractivity contribution in [2.24, 2.45) is 0 Å². The van der Waals surface area contributed by atoms with Crippen LogP contribution in [0.2, 0.25) is 0 Å². The molecule has 164 valence electrons. The topological polar surface area (TPSA) is 58.6 Å². The summed E-state index contributed by atoms with van der Waals surface area (Å²) in [4.78, 5) is 27.0. The first-order chi connectivity index (χ1) is 15.0. The van der Waals surface area contributed by atoms with Crippen LogP contribution in [0.25, 0.3) is 0 Å². The van der Waals surface area contributed by atoms with Gasteiger partial charge < -0.3 is 15.0 Å². The molecule has 0 spiro atoms.